The number of aromatic amines is 1. The number of amides is 1. The average Bonchev–Trinajstić information content (AvgIpc) is 3.47. The van der Waals surface area contributed by atoms with E-state index in [1.807, 2.05) is 44.2 Å². The van der Waals surface area contributed by atoms with E-state index in [-0.39, 0.29) is 17.6 Å². The van der Waals surface area contributed by atoms with Crippen molar-refractivity contribution in [3.63, 3.8) is 0 Å². The predicted octanol–water partition coefficient (Wildman–Crippen LogP) is 4.62. The van der Waals surface area contributed by atoms with Gasteiger partial charge < -0.3 is 4.90 Å². The second-order valence-electron chi connectivity index (χ2n) is 8.32. The largest absolute Gasteiger partial charge is 0.342 e. The van der Waals surface area contributed by atoms with Gasteiger partial charge in [-0.15, -0.1) is 0 Å². The summed E-state index contributed by atoms with van der Waals surface area (Å²) in [6, 6.07) is 13.9. The van der Waals surface area contributed by atoms with E-state index in [0.717, 1.165) is 29.8 Å². The summed E-state index contributed by atoms with van der Waals surface area (Å²) in [5.74, 6) is 0.444. The van der Waals surface area contributed by atoms with E-state index < -0.39 is 0 Å². The standard InChI is InChI=1S/C25H27FN6O/c1-17(2)24-21(16-28-32(24)23-11-4-5-12-27-23)25(33)31(3)13-7-10-20-15-22(30-29-20)18-8-6-9-19(26)14-18/h4-6,8-9,11-12,14-17H,7,10,13H2,1-3H3,(H,29,30). The van der Waals surface area contributed by atoms with Crippen molar-refractivity contribution in [1.82, 2.24) is 29.9 Å². The Morgan fingerprint density at radius 1 is 1.18 bits per heavy atom. The van der Waals surface area contributed by atoms with Crippen LogP contribution in [0.25, 0.3) is 17.1 Å². The predicted molar refractivity (Wildman–Crippen MR) is 125 cm³/mol. The van der Waals surface area contributed by atoms with Gasteiger partial charge in [-0.2, -0.15) is 10.2 Å². The summed E-state index contributed by atoms with van der Waals surface area (Å²) in [4.78, 5) is 19.3. The molecule has 0 radical (unpaired) electrons. The van der Waals surface area contributed by atoms with Crippen LogP contribution in [0.5, 0.6) is 0 Å². The highest BCUT2D eigenvalue weighted by Gasteiger charge is 2.23. The van der Waals surface area contributed by atoms with E-state index in [9.17, 15) is 9.18 Å². The first kappa shape index (κ1) is 22.4. The normalized spacial score (nSPS) is 11.2. The summed E-state index contributed by atoms with van der Waals surface area (Å²) in [6.07, 6.45) is 4.83. The maximum Gasteiger partial charge on any atom is 0.257 e. The van der Waals surface area contributed by atoms with Crippen LogP contribution in [-0.2, 0) is 6.42 Å². The number of carbonyl (C=O) groups is 1. The van der Waals surface area contributed by atoms with Crippen LogP contribution in [0.2, 0.25) is 0 Å². The van der Waals surface area contributed by atoms with Gasteiger partial charge in [-0.05, 0) is 49.1 Å². The summed E-state index contributed by atoms with van der Waals surface area (Å²) >= 11 is 0. The third kappa shape index (κ3) is 5.00. The zero-order chi connectivity index (χ0) is 23.4. The molecular formula is C25H27FN6O. The van der Waals surface area contributed by atoms with Crippen molar-refractivity contribution in [1.29, 1.82) is 0 Å². The number of H-pyrrole nitrogens is 1. The third-order valence-electron chi connectivity index (χ3n) is 5.49. The Bertz CT molecular complexity index is 1230. The van der Waals surface area contributed by atoms with Gasteiger partial charge in [0.25, 0.3) is 5.91 Å². The van der Waals surface area contributed by atoms with E-state index in [4.69, 9.17) is 0 Å². The van der Waals surface area contributed by atoms with Crippen molar-refractivity contribution in [2.24, 2.45) is 0 Å². The molecule has 0 bridgehead atoms. The zero-order valence-corrected chi connectivity index (χ0v) is 19.0. The molecular weight excluding hydrogens is 419 g/mol. The van der Waals surface area contributed by atoms with Gasteiger partial charge in [0.1, 0.15) is 5.82 Å². The van der Waals surface area contributed by atoms with E-state index in [0.29, 0.717) is 23.6 Å². The van der Waals surface area contributed by atoms with Crippen molar-refractivity contribution >= 4 is 5.91 Å². The molecule has 1 N–H and O–H groups in total. The van der Waals surface area contributed by atoms with Crippen LogP contribution in [0.4, 0.5) is 4.39 Å². The third-order valence-corrected chi connectivity index (χ3v) is 5.49. The number of pyridine rings is 1. The van der Waals surface area contributed by atoms with E-state index in [1.165, 1.54) is 12.1 Å². The number of hydrogen-bond acceptors (Lipinski definition) is 4. The fourth-order valence-corrected chi connectivity index (χ4v) is 3.84. The molecule has 4 aromatic rings. The molecule has 33 heavy (non-hydrogen) atoms. The molecule has 4 rings (SSSR count). The molecule has 1 amide bonds. The molecule has 170 valence electrons. The number of aromatic nitrogens is 5. The highest BCUT2D eigenvalue weighted by atomic mass is 19.1. The quantitative estimate of drug-likeness (QED) is 0.428. The Morgan fingerprint density at radius 2 is 2.03 bits per heavy atom. The fourth-order valence-electron chi connectivity index (χ4n) is 3.84. The van der Waals surface area contributed by atoms with Gasteiger partial charge >= 0.3 is 0 Å². The van der Waals surface area contributed by atoms with Gasteiger partial charge in [0, 0.05) is 31.0 Å². The Morgan fingerprint density at radius 3 is 2.76 bits per heavy atom. The van der Waals surface area contributed by atoms with Crippen molar-refractivity contribution in [2.45, 2.75) is 32.6 Å². The Balaban J connectivity index is 1.40. The SMILES string of the molecule is CC(C)c1c(C(=O)N(C)CCCc2cc(-c3cccc(F)c3)n[nH]2)cnn1-c1ccccn1. The van der Waals surface area contributed by atoms with Gasteiger partial charge in [-0.1, -0.05) is 32.0 Å². The lowest BCUT2D eigenvalue weighted by Crippen LogP contribution is -2.29. The van der Waals surface area contributed by atoms with Crippen LogP contribution in [0.15, 0.2) is 60.9 Å². The molecule has 1 aromatic carbocycles. The second-order valence-corrected chi connectivity index (χ2v) is 8.32. The summed E-state index contributed by atoms with van der Waals surface area (Å²) in [5, 5.41) is 11.7. The van der Waals surface area contributed by atoms with Crippen LogP contribution in [0.1, 0.15) is 47.9 Å². The van der Waals surface area contributed by atoms with Crippen LogP contribution in [0, 0.1) is 5.82 Å². The van der Waals surface area contributed by atoms with E-state index >= 15 is 0 Å². The lowest BCUT2D eigenvalue weighted by Gasteiger charge is -2.18. The summed E-state index contributed by atoms with van der Waals surface area (Å²) in [5.41, 5.74) is 3.82. The molecule has 0 saturated carbocycles. The zero-order valence-electron chi connectivity index (χ0n) is 19.0. The number of nitrogens with one attached hydrogen (secondary N) is 1. The second kappa shape index (κ2) is 9.77. The smallest absolute Gasteiger partial charge is 0.257 e. The number of aryl methyl sites for hydroxylation is 1. The Hall–Kier alpha value is -3.81. The van der Waals surface area contributed by atoms with Crippen molar-refractivity contribution in [3.8, 4) is 17.1 Å². The molecule has 3 heterocycles. The summed E-state index contributed by atoms with van der Waals surface area (Å²) in [6.45, 7) is 4.67. The number of nitrogens with zero attached hydrogens (tertiary/aromatic N) is 5. The highest BCUT2D eigenvalue weighted by Crippen LogP contribution is 2.23. The maximum absolute atomic E-state index is 13.5. The summed E-state index contributed by atoms with van der Waals surface area (Å²) < 4.78 is 15.2. The number of halogens is 1. The minimum atomic E-state index is -0.288. The number of rotatable bonds is 8. The first-order valence-electron chi connectivity index (χ1n) is 11.0. The van der Waals surface area contributed by atoms with Crippen molar-refractivity contribution < 1.29 is 9.18 Å². The van der Waals surface area contributed by atoms with Gasteiger partial charge in [-0.25, -0.2) is 14.1 Å². The molecule has 0 unspecified atom stereocenters. The highest BCUT2D eigenvalue weighted by molar-refractivity contribution is 5.95. The Labute approximate surface area is 192 Å². The van der Waals surface area contributed by atoms with Gasteiger partial charge in [-0.3, -0.25) is 9.89 Å². The van der Waals surface area contributed by atoms with Crippen molar-refractivity contribution in [2.75, 3.05) is 13.6 Å². The minimum absolute atomic E-state index is 0.0639. The first-order chi connectivity index (χ1) is 15.9. The van der Waals surface area contributed by atoms with Gasteiger partial charge in [0.2, 0.25) is 0 Å². The van der Waals surface area contributed by atoms with E-state index in [2.05, 4.69) is 20.3 Å². The van der Waals surface area contributed by atoms with Gasteiger partial charge in [0.15, 0.2) is 5.82 Å². The average molecular weight is 447 g/mol. The van der Waals surface area contributed by atoms with Crippen LogP contribution in [-0.4, -0.2) is 49.4 Å². The van der Waals surface area contributed by atoms with Crippen LogP contribution < -0.4 is 0 Å². The lowest BCUT2D eigenvalue weighted by atomic mass is 10.0. The minimum Gasteiger partial charge on any atom is -0.342 e. The lowest BCUT2D eigenvalue weighted by molar-refractivity contribution is 0.0792. The molecule has 0 aliphatic carbocycles. The summed E-state index contributed by atoms with van der Waals surface area (Å²) in [7, 11) is 1.80. The monoisotopic (exact) mass is 446 g/mol. The number of hydrogen-bond donors (Lipinski definition) is 1. The molecule has 0 atom stereocenters. The number of carbonyl (C=O) groups excluding carboxylic acids is 1. The Kier molecular flexibility index (Phi) is 6.63. The van der Waals surface area contributed by atoms with Gasteiger partial charge in [0.05, 0.1) is 23.1 Å². The molecule has 7 nitrogen and oxygen atoms in total. The van der Waals surface area contributed by atoms with Crippen molar-refractivity contribution in [3.05, 3.63) is 83.7 Å². The maximum atomic E-state index is 13.5. The molecule has 8 heteroatoms. The topological polar surface area (TPSA) is 79.7 Å². The molecule has 0 aliphatic heterocycles. The first-order valence-corrected chi connectivity index (χ1v) is 11.0. The molecule has 0 saturated heterocycles. The molecule has 0 fully saturated rings. The molecule has 0 aliphatic rings. The molecule has 3 aromatic heterocycles. The fraction of sp³-hybridized carbons (Fsp3) is 0.280. The van der Waals surface area contributed by atoms with E-state index in [1.54, 1.807) is 35.1 Å². The van der Waals surface area contributed by atoms with Crippen LogP contribution in [0.3, 0.4) is 0 Å². The van der Waals surface area contributed by atoms with Crippen LogP contribution >= 0.6 is 0 Å². The number of benzene rings is 1. The molecule has 0 spiro atoms.